The molecule has 2 N–H and O–H groups in total. The lowest BCUT2D eigenvalue weighted by atomic mass is 9.75. The molecule has 0 aliphatic heterocycles. The lowest BCUT2D eigenvalue weighted by molar-refractivity contribution is 0.0440. The molecular formula is C20H32ClNO3. The van der Waals surface area contributed by atoms with E-state index >= 15 is 0 Å². The van der Waals surface area contributed by atoms with E-state index in [1.54, 1.807) is 0 Å². The van der Waals surface area contributed by atoms with Crippen molar-refractivity contribution in [2.45, 2.75) is 60.0 Å². The SMILES string of the molecule is Cc1ccc(CC(CO)(CNC(=O)OC(C)(C)C)CC(C)C)c(Cl)c1. The summed E-state index contributed by atoms with van der Waals surface area (Å²) in [5.74, 6) is 0.372. The molecule has 0 fully saturated rings. The van der Waals surface area contributed by atoms with Gasteiger partial charge in [-0.15, -0.1) is 0 Å². The number of hydrogen-bond acceptors (Lipinski definition) is 3. The first kappa shape index (κ1) is 21.8. The lowest BCUT2D eigenvalue weighted by Gasteiger charge is -2.34. The van der Waals surface area contributed by atoms with Gasteiger partial charge in [0.1, 0.15) is 5.60 Å². The molecule has 1 amide bonds. The molecule has 0 spiro atoms. The standard InChI is InChI=1S/C20H32ClNO3/c1-14(2)10-20(13-23,12-22-18(24)25-19(4,5)6)11-16-8-7-15(3)9-17(16)21/h7-9,14,23H,10-13H2,1-6H3,(H,22,24). The summed E-state index contributed by atoms with van der Waals surface area (Å²) in [5.41, 5.74) is 1.04. The van der Waals surface area contributed by atoms with Gasteiger partial charge in [-0.05, 0) is 63.6 Å². The number of benzene rings is 1. The van der Waals surface area contributed by atoms with Crippen molar-refractivity contribution in [3.05, 3.63) is 34.3 Å². The molecule has 0 saturated heterocycles. The van der Waals surface area contributed by atoms with Gasteiger partial charge in [0.05, 0.1) is 6.61 Å². The fraction of sp³-hybridized carbons (Fsp3) is 0.650. The Balaban J connectivity index is 2.95. The minimum Gasteiger partial charge on any atom is -0.444 e. The van der Waals surface area contributed by atoms with E-state index in [9.17, 15) is 9.90 Å². The Morgan fingerprint density at radius 3 is 2.44 bits per heavy atom. The number of nitrogens with one attached hydrogen (secondary N) is 1. The monoisotopic (exact) mass is 369 g/mol. The summed E-state index contributed by atoms with van der Waals surface area (Å²) in [6.07, 6.45) is 0.893. The van der Waals surface area contributed by atoms with Gasteiger partial charge in [0.2, 0.25) is 0 Å². The number of hydrogen-bond donors (Lipinski definition) is 2. The molecule has 0 saturated carbocycles. The van der Waals surface area contributed by atoms with Crippen molar-refractivity contribution in [3.63, 3.8) is 0 Å². The van der Waals surface area contributed by atoms with Crippen LogP contribution in [0.2, 0.25) is 5.02 Å². The van der Waals surface area contributed by atoms with Gasteiger partial charge in [-0.2, -0.15) is 0 Å². The van der Waals surface area contributed by atoms with Crippen molar-refractivity contribution < 1.29 is 14.6 Å². The summed E-state index contributed by atoms with van der Waals surface area (Å²) in [6, 6.07) is 5.94. The predicted octanol–water partition coefficient (Wildman–Crippen LogP) is 4.74. The number of carbonyl (C=O) groups excluding carboxylic acids is 1. The molecule has 0 aromatic heterocycles. The second kappa shape index (κ2) is 8.91. The number of ether oxygens (including phenoxy) is 1. The fourth-order valence-corrected chi connectivity index (χ4v) is 3.32. The molecule has 5 heteroatoms. The minimum absolute atomic E-state index is 0.0365. The maximum absolute atomic E-state index is 12.0. The average molecular weight is 370 g/mol. The van der Waals surface area contributed by atoms with E-state index in [1.807, 2.05) is 45.9 Å². The molecule has 1 aromatic rings. The van der Waals surface area contributed by atoms with Gasteiger partial charge in [0.15, 0.2) is 0 Å². The van der Waals surface area contributed by atoms with E-state index in [0.717, 1.165) is 17.5 Å². The summed E-state index contributed by atoms with van der Waals surface area (Å²) in [5, 5.41) is 13.7. The van der Waals surface area contributed by atoms with E-state index in [1.165, 1.54) is 0 Å². The third-order valence-corrected chi connectivity index (χ3v) is 4.31. The van der Waals surface area contributed by atoms with E-state index in [0.29, 0.717) is 23.9 Å². The lowest BCUT2D eigenvalue weighted by Crippen LogP contribution is -2.44. The first-order valence-electron chi connectivity index (χ1n) is 8.79. The van der Waals surface area contributed by atoms with Crippen molar-refractivity contribution in [1.82, 2.24) is 5.32 Å². The number of aliphatic hydroxyl groups is 1. The van der Waals surface area contributed by atoms with Gasteiger partial charge in [0.25, 0.3) is 0 Å². The Hall–Kier alpha value is -1.26. The van der Waals surface area contributed by atoms with Crippen LogP contribution in [0.1, 0.15) is 52.2 Å². The quantitative estimate of drug-likeness (QED) is 0.729. The summed E-state index contributed by atoms with van der Waals surface area (Å²) >= 11 is 6.39. The number of aliphatic hydroxyl groups excluding tert-OH is 1. The largest absolute Gasteiger partial charge is 0.444 e. The third kappa shape index (κ3) is 7.66. The Kier molecular flexibility index (Phi) is 7.76. The van der Waals surface area contributed by atoms with Crippen LogP contribution in [0.5, 0.6) is 0 Å². The van der Waals surface area contributed by atoms with Gasteiger partial charge in [-0.1, -0.05) is 37.6 Å². The molecule has 4 nitrogen and oxygen atoms in total. The van der Waals surface area contributed by atoms with Crippen LogP contribution in [-0.2, 0) is 11.2 Å². The van der Waals surface area contributed by atoms with Crippen LogP contribution < -0.4 is 5.32 Å². The number of halogens is 1. The zero-order chi connectivity index (χ0) is 19.3. The second-order valence-electron chi connectivity index (χ2n) is 8.38. The topological polar surface area (TPSA) is 58.6 Å². The molecule has 1 atom stereocenters. The van der Waals surface area contributed by atoms with Crippen molar-refractivity contribution >= 4 is 17.7 Å². The predicted molar refractivity (Wildman–Crippen MR) is 103 cm³/mol. The molecule has 0 radical (unpaired) electrons. The zero-order valence-corrected chi connectivity index (χ0v) is 17.0. The highest BCUT2D eigenvalue weighted by Crippen LogP contribution is 2.33. The smallest absolute Gasteiger partial charge is 0.407 e. The van der Waals surface area contributed by atoms with Crippen molar-refractivity contribution in [1.29, 1.82) is 0 Å². The first-order chi connectivity index (χ1) is 11.5. The molecule has 1 rings (SSSR count). The number of alkyl carbamates (subject to hydrolysis) is 1. The highest BCUT2D eigenvalue weighted by molar-refractivity contribution is 6.31. The third-order valence-electron chi connectivity index (χ3n) is 3.96. The van der Waals surface area contributed by atoms with Crippen molar-refractivity contribution in [2.24, 2.45) is 11.3 Å². The van der Waals surface area contributed by atoms with Crippen molar-refractivity contribution in [3.8, 4) is 0 Å². The van der Waals surface area contributed by atoms with Gasteiger partial charge in [-0.3, -0.25) is 0 Å². The molecule has 0 aliphatic rings. The molecule has 1 aromatic carbocycles. The van der Waals surface area contributed by atoms with Crippen LogP contribution in [0, 0.1) is 18.3 Å². The highest BCUT2D eigenvalue weighted by Gasteiger charge is 2.32. The molecular weight excluding hydrogens is 338 g/mol. The van der Waals surface area contributed by atoms with Crippen LogP contribution in [-0.4, -0.2) is 30.0 Å². The van der Waals surface area contributed by atoms with Crippen LogP contribution in [0.15, 0.2) is 18.2 Å². The van der Waals surface area contributed by atoms with Crippen LogP contribution >= 0.6 is 11.6 Å². The van der Waals surface area contributed by atoms with E-state index in [4.69, 9.17) is 16.3 Å². The molecule has 0 heterocycles. The summed E-state index contributed by atoms with van der Waals surface area (Å²) < 4.78 is 5.31. The Bertz CT molecular complexity index is 581. The zero-order valence-electron chi connectivity index (χ0n) is 16.3. The summed E-state index contributed by atoms with van der Waals surface area (Å²) in [7, 11) is 0. The van der Waals surface area contributed by atoms with Crippen molar-refractivity contribution in [2.75, 3.05) is 13.2 Å². The molecule has 142 valence electrons. The second-order valence-corrected chi connectivity index (χ2v) is 8.79. The van der Waals surface area contributed by atoms with Crippen LogP contribution in [0.4, 0.5) is 4.79 Å². The maximum Gasteiger partial charge on any atom is 0.407 e. The average Bonchev–Trinajstić information content (AvgIpc) is 2.45. The van der Waals surface area contributed by atoms with Gasteiger partial charge >= 0.3 is 6.09 Å². The Morgan fingerprint density at radius 1 is 1.32 bits per heavy atom. The number of aryl methyl sites for hydroxylation is 1. The Morgan fingerprint density at radius 2 is 1.96 bits per heavy atom. The van der Waals surface area contributed by atoms with Gasteiger partial charge in [-0.25, -0.2) is 4.79 Å². The highest BCUT2D eigenvalue weighted by atomic mass is 35.5. The summed E-state index contributed by atoms with van der Waals surface area (Å²) in [6.45, 7) is 12.0. The number of carbonyl (C=O) groups is 1. The number of amides is 1. The van der Waals surface area contributed by atoms with E-state index in [-0.39, 0.29) is 6.61 Å². The fourth-order valence-electron chi connectivity index (χ4n) is 3.02. The Labute approximate surface area is 156 Å². The van der Waals surface area contributed by atoms with Gasteiger partial charge in [0, 0.05) is 17.0 Å². The molecule has 1 unspecified atom stereocenters. The summed E-state index contributed by atoms with van der Waals surface area (Å²) in [4.78, 5) is 12.0. The maximum atomic E-state index is 12.0. The number of rotatable bonds is 7. The normalized spacial score (nSPS) is 14.3. The molecule has 0 bridgehead atoms. The minimum atomic E-state index is -0.551. The van der Waals surface area contributed by atoms with E-state index < -0.39 is 17.1 Å². The molecule has 25 heavy (non-hydrogen) atoms. The van der Waals surface area contributed by atoms with E-state index in [2.05, 4.69) is 19.2 Å². The molecule has 0 aliphatic carbocycles. The van der Waals surface area contributed by atoms with Gasteiger partial charge < -0.3 is 15.2 Å². The van der Waals surface area contributed by atoms with Crippen LogP contribution in [0.3, 0.4) is 0 Å². The van der Waals surface area contributed by atoms with Crippen LogP contribution in [0.25, 0.3) is 0 Å². The first-order valence-corrected chi connectivity index (χ1v) is 9.17.